The monoisotopic (exact) mass is 394 g/mol. The topological polar surface area (TPSA) is 90.0 Å². The first kappa shape index (κ1) is 20.6. The van der Waals surface area contributed by atoms with Gasteiger partial charge >= 0.3 is 0 Å². The lowest BCUT2D eigenvalue weighted by molar-refractivity contribution is 0.111. The van der Waals surface area contributed by atoms with Crippen molar-refractivity contribution in [3.63, 3.8) is 0 Å². The van der Waals surface area contributed by atoms with Crippen molar-refractivity contribution in [3.05, 3.63) is 88.2 Å². The first-order valence-electron chi connectivity index (χ1n) is 9.32. The quantitative estimate of drug-likeness (QED) is 0.452. The molecule has 0 saturated carbocycles. The van der Waals surface area contributed by atoms with Gasteiger partial charge in [-0.1, -0.05) is 12.1 Å². The van der Waals surface area contributed by atoms with Gasteiger partial charge in [0.2, 0.25) is 7.98 Å². The molecule has 0 amide bonds. The van der Waals surface area contributed by atoms with Gasteiger partial charge in [-0.15, -0.1) is 0 Å². The van der Waals surface area contributed by atoms with Crippen molar-refractivity contribution in [1.82, 2.24) is 4.98 Å². The van der Waals surface area contributed by atoms with E-state index in [9.17, 15) is 4.79 Å². The molecule has 0 radical (unpaired) electrons. The fourth-order valence-corrected chi connectivity index (χ4v) is 3.10. The summed E-state index contributed by atoms with van der Waals surface area (Å²) in [4.78, 5) is 18.3. The van der Waals surface area contributed by atoms with Gasteiger partial charge in [0.1, 0.15) is 6.61 Å². The summed E-state index contributed by atoms with van der Waals surface area (Å²) in [6.45, 7) is 2.48. The van der Waals surface area contributed by atoms with Crippen LogP contribution in [0.2, 0.25) is 0 Å². The zero-order valence-corrected chi connectivity index (χ0v) is 16.8. The summed E-state index contributed by atoms with van der Waals surface area (Å²) < 4.78 is 5.94. The van der Waals surface area contributed by atoms with Crippen LogP contribution in [0.3, 0.4) is 0 Å². The van der Waals surface area contributed by atoms with E-state index >= 15 is 0 Å². The van der Waals surface area contributed by atoms with Crippen LogP contribution in [0, 0.1) is 29.6 Å². The molecule has 0 aliphatic rings. The third kappa shape index (κ3) is 4.66. The molecule has 6 nitrogen and oxygen atoms in total. The van der Waals surface area contributed by atoms with Crippen LogP contribution >= 0.6 is 0 Å². The Morgan fingerprint density at radius 3 is 2.53 bits per heavy atom. The van der Waals surface area contributed by atoms with Crippen molar-refractivity contribution in [2.75, 3.05) is 4.81 Å². The highest BCUT2D eigenvalue weighted by atomic mass is 16.5. The van der Waals surface area contributed by atoms with Gasteiger partial charge in [0.15, 0.2) is 12.0 Å². The second-order valence-corrected chi connectivity index (χ2v) is 6.85. The van der Waals surface area contributed by atoms with E-state index in [1.807, 2.05) is 31.0 Å². The molecule has 3 aromatic rings. The number of aryl methyl sites for hydroxylation is 1. The van der Waals surface area contributed by atoms with Crippen molar-refractivity contribution in [3.8, 4) is 17.9 Å². The Hall–Kier alpha value is -4.10. The zero-order chi connectivity index (χ0) is 21.5. The fourth-order valence-electron chi connectivity index (χ4n) is 3.10. The number of hydrogen-bond donors (Lipinski definition) is 0. The van der Waals surface area contributed by atoms with Gasteiger partial charge in [0.05, 0.1) is 34.5 Å². The molecule has 1 heterocycles. The summed E-state index contributed by atoms with van der Waals surface area (Å²) in [7, 11) is 1.91. The zero-order valence-electron chi connectivity index (χ0n) is 16.8. The minimum Gasteiger partial charge on any atom is -0.486 e. The van der Waals surface area contributed by atoms with Gasteiger partial charge in [-0.2, -0.15) is 10.5 Å². The fraction of sp³-hybridized carbons (Fsp3) is 0.130. The van der Waals surface area contributed by atoms with Gasteiger partial charge in [-0.25, -0.2) is 0 Å². The van der Waals surface area contributed by atoms with Crippen LogP contribution in [0.25, 0.3) is 0 Å². The minimum absolute atomic E-state index is 0.230. The third-order valence-electron chi connectivity index (χ3n) is 4.74. The molecule has 0 bridgehead atoms. The molecule has 1 aromatic heterocycles. The Bertz CT molecular complexity index is 1150. The van der Waals surface area contributed by atoms with Crippen LogP contribution in [0.15, 0.2) is 54.7 Å². The number of anilines is 1. The first-order valence-corrected chi connectivity index (χ1v) is 9.32. The van der Waals surface area contributed by atoms with Crippen molar-refractivity contribution in [1.29, 1.82) is 10.5 Å². The van der Waals surface area contributed by atoms with Gasteiger partial charge in [0.25, 0.3) is 0 Å². The van der Waals surface area contributed by atoms with Gasteiger partial charge < -0.3 is 9.55 Å². The van der Waals surface area contributed by atoms with E-state index in [2.05, 4.69) is 17.1 Å². The lowest BCUT2D eigenvalue weighted by atomic mass is 10.1. The van der Waals surface area contributed by atoms with E-state index in [1.54, 1.807) is 43.5 Å². The molecule has 2 aromatic carbocycles. The molecule has 3 rings (SSSR count). The van der Waals surface area contributed by atoms with Crippen molar-refractivity contribution < 1.29 is 9.53 Å². The van der Waals surface area contributed by atoms with Crippen molar-refractivity contribution in [2.24, 2.45) is 0 Å². The molecule has 0 aliphatic heterocycles. The summed E-state index contributed by atoms with van der Waals surface area (Å²) in [5.74, 6) is 0.443. The number of hydrogen-bond acceptors (Lipinski definition) is 6. The first-order chi connectivity index (χ1) is 14.5. The maximum atomic E-state index is 11.9. The Kier molecular flexibility index (Phi) is 6.47. The Labute approximate surface area is 176 Å². The van der Waals surface area contributed by atoms with Crippen LogP contribution in [-0.4, -0.2) is 19.3 Å². The van der Waals surface area contributed by atoms with E-state index in [0.717, 1.165) is 23.1 Å². The number of benzene rings is 2. The highest BCUT2D eigenvalue weighted by Crippen LogP contribution is 2.27. The molecule has 0 saturated heterocycles. The van der Waals surface area contributed by atoms with E-state index in [4.69, 9.17) is 15.3 Å². The molecule has 0 unspecified atom stereocenters. The predicted molar refractivity (Wildman–Crippen MR) is 116 cm³/mol. The Morgan fingerprint density at radius 2 is 1.87 bits per heavy atom. The summed E-state index contributed by atoms with van der Waals surface area (Å²) in [5, 5.41) is 18.0. The standard InChI is InChI=1S/C23H19BN4O2/c1-16-23(30-15-19-4-2-3-18(9-19)11-26)22(14-29)20(12-27-16)13-28(24)21-7-5-17(10-25)6-8-21/h2-9,12,14H,13,15,24H2,1H3. The molecule has 0 fully saturated rings. The molecular formula is C23H19BN4O2. The molecule has 0 spiro atoms. The van der Waals surface area contributed by atoms with Crippen molar-refractivity contribution in [2.45, 2.75) is 20.1 Å². The average Bonchev–Trinajstić information content (AvgIpc) is 2.79. The molecule has 0 aliphatic carbocycles. The smallest absolute Gasteiger partial charge is 0.217 e. The Balaban J connectivity index is 1.83. The summed E-state index contributed by atoms with van der Waals surface area (Å²) in [6, 6.07) is 18.6. The number of aldehydes is 1. The molecular weight excluding hydrogens is 375 g/mol. The van der Waals surface area contributed by atoms with E-state index in [0.29, 0.717) is 34.7 Å². The minimum atomic E-state index is 0.230. The molecule has 7 heteroatoms. The van der Waals surface area contributed by atoms with Crippen LogP contribution < -0.4 is 9.55 Å². The van der Waals surface area contributed by atoms with E-state index in [-0.39, 0.29) is 6.61 Å². The van der Waals surface area contributed by atoms with E-state index in [1.165, 1.54) is 0 Å². The number of nitrogens with zero attached hydrogens (tertiary/aromatic N) is 4. The largest absolute Gasteiger partial charge is 0.486 e. The number of carbonyl (C=O) groups is 1. The van der Waals surface area contributed by atoms with Crippen molar-refractivity contribution >= 4 is 20.0 Å². The normalized spacial score (nSPS) is 9.97. The molecule has 0 N–H and O–H groups in total. The highest BCUT2D eigenvalue weighted by molar-refractivity contribution is 6.17. The number of ether oxygens (including phenoxy) is 1. The summed E-state index contributed by atoms with van der Waals surface area (Å²) in [6.07, 6.45) is 2.47. The van der Waals surface area contributed by atoms with Crippen LogP contribution in [0.4, 0.5) is 5.69 Å². The highest BCUT2D eigenvalue weighted by Gasteiger charge is 2.15. The SMILES string of the molecule is BN(Cc1cnc(C)c(OCc2cccc(C#N)c2)c1C=O)c1ccc(C#N)cc1. The Morgan fingerprint density at radius 1 is 1.13 bits per heavy atom. The number of aromatic nitrogens is 1. The maximum Gasteiger partial charge on any atom is 0.217 e. The molecule has 146 valence electrons. The van der Waals surface area contributed by atoms with E-state index < -0.39 is 0 Å². The number of nitriles is 2. The van der Waals surface area contributed by atoms with Gasteiger partial charge in [0, 0.05) is 24.0 Å². The predicted octanol–water partition coefficient (Wildman–Crippen LogP) is 3.08. The average molecular weight is 394 g/mol. The molecule has 0 atom stereocenters. The van der Waals surface area contributed by atoms with Gasteiger partial charge in [-0.3, -0.25) is 9.78 Å². The van der Waals surface area contributed by atoms with Crippen LogP contribution in [0.5, 0.6) is 5.75 Å². The number of carbonyl (C=O) groups excluding carboxylic acids is 1. The lowest BCUT2D eigenvalue weighted by Crippen LogP contribution is -2.20. The second kappa shape index (κ2) is 9.40. The molecule has 30 heavy (non-hydrogen) atoms. The van der Waals surface area contributed by atoms with Gasteiger partial charge in [-0.05, 0) is 48.9 Å². The number of pyridine rings is 1. The summed E-state index contributed by atoms with van der Waals surface area (Å²) >= 11 is 0. The lowest BCUT2D eigenvalue weighted by Gasteiger charge is -2.22. The van der Waals surface area contributed by atoms with Crippen LogP contribution in [0.1, 0.15) is 38.3 Å². The summed E-state index contributed by atoms with van der Waals surface area (Å²) in [5.41, 5.74) is 4.72. The third-order valence-corrected chi connectivity index (χ3v) is 4.74. The van der Waals surface area contributed by atoms with Crippen LogP contribution in [-0.2, 0) is 13.2 Å². The second-order valence-electron chi connectivity index (χ2n) is 6.85. The maximum absolute atomic E-state index is 11.9. The number of rotatable bonds is 7.